The molecule has 1 aliphatic rings. The molecule has 1 amide bonds. The zero-order chi connectivity index (χ0) is 19.7. The average molecular weight is 369 g/mol. The van der Waals surface area contributed by atoms with Crippen LogP contribution in [0.3, 0.4) is 0 Å². The number of fused-ring (bicyclic) bond motifs is 1. The summed E-state index contributed by atoms with van der Waals surface area (Å²) in [6, 6.07) is 3.56. The molecule has 0 saturated heterocycles. The number of anilines is 1. The fraction of sp³-hybridized carbons (Fsp3) is 0.263. The Morgan fingerprint density at radius 3 is 2.63 bits per heavy atom. The van der Waals surface area contributed by atoms with E-state index in [4.69, 9.17) is 9.47 Å². The molecule has 8 heteroatoms. The quantitative estimate of drug-likeness (QED) is 0.633. The Balaban J connectivity index is 2.17. The summed E-state index contributed by atoms with van der Waals surface area (Å²) in [7, 11) is 1.25. The number of aromatic nitrogens is 2. The highest BCUT2D eigenvalue weighted by Gasteiger charge is 2.29. The van der Waals surface area contributed by atoms with E-state index in [0.717, 1.165) is 5.69 Å². The zero-order valence-electron chi connectivity index (χ0n) is 15.4. The van der Waals surface area contributed by atoms with E-state index in [0.29, 0.717) is 16.9 Å². The van der Waals surface area contributed by atoms with Crippen LogP contribution in [0, 0.1) is 13.8 Å². The van der Waals surface area contributed by atoms with Crippen molar-refractivity contribution < 1.29 is 23.9 Å². The van der Waals surface area contributed by atoms with Crippen molar-refractivity contribution in [3.05, 3.63) is 46.0 Å². The van der Waals surface area contributed by atoms with Gasteiger partial charge in [0.05, 0.1) is 41.9 Å². The van der Waals surface area contributed by atoms with Crippen LogP contribution in [0.4, 0.5) is 5.69 Å². The van der Waals surface area contributed by atoms with Crippen LogP contribution in [0.25, 0.3) is 11.6 Å². The van der Waals surface area contributed by atoms with Gasteiger partial charge in [-0.05, 0) is 44.5 Å². The van der Waals surface area contributed by atoms with Gasteiger partial charge >= 0.3 is 11.9 Å². The summed E-state index contributed by atoms with van der Waals surface area (Å²) in [5, 5.41) is 2.73. The molecule has 0 aromatic carbocycles. The Kier molecular flexibility index (Phi) is 4.81. The second-order valence-corrected chi connectivity index (χ2v) is 5.99. The van der Waals surface area contributed by atoms with Gasteiger partial charge in [0, 0.05) is 5.69 Å². The number of esters is 2. The van der Waals surface area contributed by atoms with Gasteiger partial charge in [0.1, 0.15) is 5.69 Å². The Labute approximate surface area is 155 Å². The van der Waals surface area contributed by atoms with E-state index in [1.165, 1.54) is 13.2 Å². The fourth-order valence-corrected chi connectivity index (χ4v) is 2.94. The average Bonchev–Trinajstić information content (AvgIpc) is 3.12. The Morgan fingerprint density at radius 1 is 1.22 bits per heavy atom. The maximum atomic E-state index is 12.4. The van der Waals surface area contributed by atoms with Gasteiger partial charge < -0.3 is 19.8 Å². The van der Waals surface area contributed by atoms with Gasteiger partial charge in [-0.2, -0.15) is 0 Å². The van der Waals surface area contributed by atoms with Crippen LogP contribution in [-0.2, 0) is 14.3 Å². The number of aryl methyl sites for hydroxylation is 1. The molecule has 0 bridgehead atoms. The van der Waals surface area contributed by atoms with Gasteiger partial charge in [0.25, 0.3) is 5.91 Å². The molecule has 3 rings (SSSR count). The third-order valence-corrected chi connectivity index (χ3v) is 4.22. The number of ether oxygens (including phenoxy) is 2. The van der Waals surface area contributed by atoms with E-state index in [1.807, 2.05) is 6.92 Å². The molecule has 2 N–H and O–H groups in total. The van der Waals surface area contributed by atoms with Crippen LogP contribution >= 0.6 is 0 Å². The van der Waals surface area contributed by atoms with Crippen molar-refractivity contribution in [3.63, 3.8) is 0 Å². The summed E-state index contributed by atoms with van der Waals surface area (Å²) in [5.74, 6) is -1.55. The van der Waals surface area contributed by atoms with Crippen LogP contribution in [-0.4, -0.2) is 41.5 Å². The summed E-state index contributed by atoms with van der Waals surface area (Å²) in [6.07, 6.45) is 1.50. The third kappa shape index (κ3) is 3.21. The number of pyridine rings is 1. The maximum Gasteiger partial charge on any atom is 0.355 e. The van der Waals surface area contributed by atoms with E-state index < -0.39 is 11.9 Å². The van der Waals surface area contributed by atoms with Gasteiger partial charge in [0.2, 0.25) is 0 Å². The number of aromatic amines is 1. The van der Waals surface area contributed by atoms with Crippen molar-refractivity contribution in [2.24, 2.45) is 0 Å². The topological polar surface area (TPSA) is 110 Å². The molecule has 0 aliphatic carbocycles. The van der Waals surface area contributed by atoms with E-state index in [1.54, 1.807) is 26.0 Å². The van der Waals surface area contributed by atoms with Gasteiger partial charge in [-0.15, -0.1) is 0 Å². The lowest BCUT2D eigenvalue weighted by molar-refractivity contribution is -0.110. The highest BCUT2D eigenvalue weighted by molar-refractivity contribution is 6.34. The molecule has 1 aliphatic heterocycles. The lowest BCUT2D eigenvalue weighted by atomic mass is 10.1. The number of carbonyl (C=O) groups is 3. The first kappa shape index (κ1) is 18.4. The summed E-state index contributed by atoms with van der Waals surface area (Å²) in [4.78, 5) is 44.1. The molecule has 2 aromatic rings. The first-order valence-electron chi connectivity index (χ1n) is 8.36. The van der Waals surface area contributed by atoms with Crippen molar-refractivity contribution >= 4 is 35.2 Å². The van der Waals surface area contributed by atoms with E-state index in [9.17, 15) is 14.4 Å². The van der Waals surface area contributed by atoms with Gasteiger partial charge in [-0.1, -0.05) is 0 Å². The standard InChI is InChI=1S/C19H19N3O5/c1-5-27-19(25)15-10(3)14(18(24)26-4)13(21-15)8-11-16-12(22-17(11)23)7-6-9(2)20-16/h6-8,21H,5H2,1-4H3,(H,22,23). The molecule has 27 heavy (non-hydrogen) atoms. The fourth-order valence-electron chi connectivity index (χ4n) is 2.94. The van der Waals surface area contributed by atoms with Crippen LogP contribution in [0.2, 0.25) is 0 Å². The Morgan fingerprint density at radius 2 is 1.96 bits per heavy atom. The van der Waals surface area contributed by atoms with E-state index in [-0.39, 0.29) is 35.0 Å². The molecular formula is C19H19N3O5. The summed E-state index contributed by atoms with van der Waals surface area (Å²) in [5.41, 5.74) is 3.09. The van der Waals surface area contributed by atoms with Gasteiger partial charge in [-0.25, -0.2) is 9.59 Å². The molecule has 0 spiro atoms. The molecular weight excluding hydrogens is 350 g/mol. The number of amides is 1. The largest absolute Gasteiger partial charge is 0.465 e. The lowest BCUT2D eigenvalue weighted by Crippen LogP contribution is -2.08. The molecule has 0 fully saturated rings. The second kappa shape index (κ2) is 7.06. The van der Waals surface area contributed by atoms with Gasteiger partial charge in [0.15, 0.2) is 0 Å². The van der Waals surface area contributed by atoms with Crippen LogP contribution < -0.4 is 5.32 Å². The highest BCUT2D eigenvalue weighted by atomic mass is 16.5. The van der Waals surface area contributed by atoms with E-state index in [2.05, 4.69) is 15.3 Å². The first-order valence-corrected chi connectivity index (χ1v) is 8.36. The van der Waals surface area contributed by atoms with E-state index >= 15 is 0 Å². The number of nitrogens with one attached hydrogen (secondary N) is 2. The lowest BCUT2D eigenvalue weighted by Gasteiger charge is -2.02. The molecule has 0 saturated carbocycles. The van der Waals surface area contributed by atoms with Crippen LogP contribution in [0.1, 0.15) is 50.4 Å². The molecule has 0 unspecified atom stereocenters. The molecule has 0 atom stereocenters. The zero-order valence-corrected chi connectivity index (χ0v) is 15.4. The predicted molar refractivity (Wildman–Crippen MR) is 98.3 cm³/mol. The SMILES string of the molecule is CCOC(=O)c1[nH]c(C=C2C(=O)Nc3ccc(C)nc32)c(C(=O)OC)c1C. The van der Waals surface area contributed by atoms with Crippen LogP contribution in [0.5, 0.6) is 0 Å². The minimum absolute atomic E-state index is 0.139. The van der Waals surface area contributed by atoms with Crippen LogP contribution in [0.15, 0.2) is 12.1 Å². The van der Waals surface area contributed by atoms with Crippen molar-refractivity contribution in [1.82, 2.24) is 9.97 Å². The molecule has 2 aromatic heterocycles. The second-order valence-electron chi connectivity index (χ2n) is 5.99. The first-order chi connectivity index (χ1) is 12.9. The molecule has 140 valence electrons. The Hall–Kier alpha value is -3.42. The van der Waals surface area contributed by atoms with Gasteiger partial charge in [-0.3, -0.25) is 9.78 Å². The number of nitrogens with zero attached hydrogens (tertiary/aromatic N) is 1. The molecule has 0 radical (unpaired) electrons. The summed E-state index contributed by atoms with van der Waals surface area (Å²) >= 11 is 0. The van der Waals surface area contributed by atoms with Crippen molar-refractivity contribution in [2.45, 2.75) is 20.8 Å². The number of hydrogen-bond acceptors (Lipinski definition) is 6. The maximum absolute atomic E-state index is 12.4. The minimum Gasteiger partial charge on any atom is -0.465 e. The minimum atomic E-state index is -0.623. The predicted octanol–water partition coefficient (Wildman–Crippen LogP) is 2.48. The number of hydrogen-bond donors (Lipinski definition) is 2. The number of H-pyrrole nitrogens is 1. The summed E-state index contributed by atoms with van der Waals surface area (Å²) in [6.45, 7) is 5.31. The number of carbonyl (C=O) groups excluding carboxylic acids is 3. The monoisotopic (exact) mass is 369 g/mol. The highest BCUT2D eigenvalue weighted by Crippen LogP contribution is 2.33. The smallest absolute Gasteiger partial charge is 0.355 e. The van der Waals surface area contributed by atoms with Crippen molar-refractivity contribution in [2.75, 3.05) is 19.0 Å². The summed E-state index contributed by atoms with van der Waals surface area (Å²) < 4.78 is 9.85. The molecule has 3 heterocycles. The Bertz CT molecular complexity index is 987. The number of methoxy groups -OCH3 is 1. The third-order valence-electron chi connectivity index (χ3n) is 4.22. The normalized spacial score (nSPS) is 14.1. The van der Waals surface area contributed by atoms with Crippen molar-refractivity contribution in [1.29, 1.82) is 0 Å². The number of rotatable bonds is 4. The molecule has 8 nitrogen and oxygen atoms in total. The van der Waals surface area contributed by atoms with Crippen molar-refractivity contribution in [3.8, 4) is 0 Å².